The van der Waals surface area contributed by atoms with Crippen LogP contribution in [0.3, 0.4) is 0 Å². The Kier molecular flexibility index (Phi) is 7.37. The Hall–Kier alpha value is -4.59. The summed E-state index contributed by atoms with van der Waals surface area (Å²) < 4.78 is 133. The number of rotatable bonds is 6. The minimum Gasteiger partial charge on any atom is -0.496 e. The van der Waals surface area contributed by atoms with Crippen LogP contribution in [-0.2, 0) is 22.4 Å². The number of fused-ring (bicyclic) bond motifs is 1. The molecule has 0 atom stereocenters. The van der Waals surface area contributed by atoms with Gasteiger partial charge >= 0.3 is 12.4 Å². The van der Waals surface area contributed by atoms with E-state index in [-0.39, 0.29) is 56.2 Å². The fourth-order valence-electron chi connectivity index (χ4n) is 4.40. The number of sulfonamides is 1. The van der Waals surface area contributed by atoms with Gasteiger partial charge in [0.1, 0.15) is 17.1 Å². The van der Waals surface area contributed by atoms with Crippen LogP contribution in [0.15, 0.2) is 77.2 Å². The Bertz CT molecular complexity index is 1950. The molecule has 0 radical (unpaired) electrons. The van der Waals surface area contributed by atoms with Crippen LogP contribution in [0.25, 0.3) is 44.8 Å². The van der Waals surface area contributed by atoms with E-state index in [0.717, 1.165) is 42.7 Å². The Morgan fingerprint density at radius 3 is 2.02 bits per heavy atom. The third-order valence-electron chi connectivity index (χ3n) is 6.32. The number of nitrogens with zero attached hydrogens (tertiary/aromatic N) is 1. The summed E-state index contributed by atoms with van der Waals surface area (Å²) in [5.74, 6) is -1.23. The number of benzene rings is 4. The predicted octanol–water partition coefficient (Wildman–Crippen LogP) is 8.39. The lowest BCUT2D eigenvalue weighted by atomic mass is 9.94. The average Bonchev–Trinajstić information content (AvgIpc) is 3.35. The quantitative estimate of drug-likeness (QED) is 0.192. The number of methoxy groups -OCH3 is 1. The van der Waals surface area contributed by atoms with Crippen molar-refractivity contribution >= 4 is 26.8 Å². The van der Waals surface area contributed by atoms with E-state index >= 15 is 4.39 Å². The van der Waals surface area contributed by atoms with Crippen molar-refractivity contribution < 1.29 is 48.3 Å². The van der Waals surface area contributed by atoms with Crippen LogP contribution in [0.4, 0.5) is 36.4 Å². The predicted molar refractivity (Wildman–Crippen MR) is 145 cm³/mol. The highest BCUT2D eigenvalue weighted by Gasteiger charge is 2.33. The van der Waals surface area contributed by atoms with Crippen molar-refractivity contribution in [3.8, 4) is 39.5 Å². The van der Waals surface area contributed by atoms with Gasteiger partial charge in [-0.25, -0.2) is 17.8 Å². The highest BCUT2D eigenvalue weighted by Crippen LogP contribution is 2.42. The number of aromatic nitrogens is 1. The first kappa shape index (κ1) is 29.9. The molecular weight excluding hydrogens is 605 g/mol. The van der Waals surface area contributed by atoms with E-state index in [1.54, 1.807) is 0 Å². The monoisotopic (exact) mass is 624 g/mol. The second-order valence-corrected chi connectivity index (χ2v) is 11.2. The lowest BCUT2D eigenvalue weighted by molar-refractivity contribution is -0.138. The highest BCUT2D eigenvalue weighted by molar-refractivity contribution is 7.92. The first-order valence-electron chi connectivity index (χ1n) is 12.2. The second-order valence-electron chi connectivity index (χ2n) is 9.48. The third-order valence-corrected chi connectivity index (χ3v) is 6.93. The molecule has 5 aromatic rings. The fourth-order valence-corrected chi connectivity index (χ4v) is 4.96. The largest absolute Gasteiger partial charge is 0.496 e. The number of alkyl halides is 6. The number of hydrogen-bond acceptors (Lipinski definition) is 5. The van der Waals surface area contributed by atoms with E-state index in [1.165, 1.54) is 43.5 Å². The zero-order valence-corrected chi connectivity index (χ0v) is 22.9. The number of anilines is 1. The molecule has 224 valence electrons. The Balaban J connectivity index is 1.65. The zero-order valence-electron chi connectivity index (χ0n) is 22.1. The molecule has 0 aliphatic rings. The number of ether oxygens (including phenoxy) is 1. The van der Waals surface area contributed by atoms with Gasteiger partial charge in [-0.05, 0) is 65.7 Å². The van der Waals surface area contributed by atoms with Gasteiger partial charge in [-0.3, -0.25) is 4.72 Å². The van der Waals surface area contributed by atoms with Crippen LogP contribution in [0.2, 0.25) is 0 Å². The molecule has 6 nitrogen and oxygen atoms in total. The van der Waals surface area contributed by atoms with Gasteiger partial charge in [-0.2, -0.15) is 26.3 Å². The van der Waals surface area contributed by atoms with Gasteiger partial charge < -0.3 is 9.15 Å². The molecule has 0 spiro atoms. The number of hydrogen-bond donors (Lipinski definition) is 1. The van der Waals surface area contributed by atoms with Crippen molar-refractivity contribution in [3.63, 3.8) is 0 Å². The lowest BCUT2D eigenvalue weighted by Gasteiger charge is -2.16. The van der Waals surface area contributed by atoms with E-state index in [9.17, 15) is 34.8 Å². The molecule has 0 saturated carbocycles. The Morgan fingerprint density at radius 1 is 0.767 bits per heavy atom. The molecule has 0 aliphatic carbocycles. The normalized spacial score (nSPS) is 12.5. The summed E-state index contributed by atoms with van der Waals surface area (Å²) in [4.78, 5) is 4.00. The molecule has 0 unspecified atom stereocenters. The van der Waals surface area contributed by atoms with Gasteiger partial charge in [0.05, 0.1) is 24.5 Å². The summed E-state index contributed by atoms with van der Waals surface area (Å²) in [7, 11) is -2.37. The topological polar surface area (TPSA) is 81.4 Å². The summed E-state index contributed by atoms with van der Waals surface area (Å²) in [5, 5.41) is 0. The molecule has 5 rings (SSSR count). The number of nitrogens with one attached hydrogen (secondary N) is 1. The first-order valence-corrected chi connectivity index (χ1v) is 14.1. The van der Waals surface area contributed by atoms with E-state index in [4.69, 9.17) is 9.15 Å². The maximum Gasteiger partial charge on any atom is 0.416 e. The summed E-state index contributed by atoms with van der Waals surface area (Å²) in [5.41, 5.74) is -2.15. The van der Waals surface area contributed by atoms with Gasteiger partial charge in [0, 0.05) is 28.4 Å². The average molecular weight is 625 g/mol. The smallest absolute Gasteiger partial charge is 0.416 e. The van der Waals surface area contributed by atoms with Gasteiger partial charge in [-0.1, -0.05) is 12.1 Å². The highest BCUT2D eigenvalue weighted by atomic mass is 32.2. The molecule has 1 N–H and O–H groups in total. The summed E-state index contributed by atoms with van der Waals surface area (Å²) in [6.07, 6.45) is -8.56. The molecular formula is C29H19F7N2O4S. The number of oxazole rings is 1. The van der Waals surface area contributed by atoms with Gasteiger partial charge in [-0.15, -0.1) is 0 Å². The van der Waals surface area contributed by atoms with E-state index in [0.29, 0.717) is 0 Å². The van der Waals surface area contributed by atoms with Crippen molar-refractivity contribution in [1.82, 2.24) is 4.98 Å². The van der Waals surface area contributed by atoms with Crippen molar-refractivity contribution in [2.45, 2.75) is 12.4 Å². The fraction of sp³-hybridized carbons (Fsp3) is 0.138. The van der Waals surface area contributed by atoms with E-state index < -0.39 is 39.3 Å². The molecule has 0 fully saturated rings. The van der Waals surface area contributed by atoms with Crippen molar-refractivity contribution in [3.05, 3.63) is 89.7 Å². The van der Waals surface area contributed by atoms with E-state index in [1.807, 2.05) is 0 Å². The second kappa shape index (κ2) is 10.6. The molecule has 1 heterocycles. The van der Waals surface area contributed by atoms with Gasteiger partial charge in [0.15, 0.2) is 5.58 Å². The molecule has 14 heteroatoms. The lowest BCUT2D eigenvalue weighted by Crippen LogP contribution is -2.09. The third kappa shape index (κ3) is 6.43. The van der Waals surface area contributed by atoms with Gasteiger partial charge in [0.25, 0.3) is 0 Å². The van der Waals surface area contributed by atoms with Crippen LogP contribution >= 0.6 is 0 Å². The Morgan fingerprint density at radius 2 is 1.42 bits per heavy atom. The van der Waals surface area contributed by atoms with Crippen molar-refractivity contribution in [1.29, 1.82) is 0 Å². The standard InChI is InChI=1S/C29H19F7N2O4S/c1-41-26-14-23(30)21(15-3-6-20(7-4-15)38-43(2,39)40)13-22(26)16-9-17(11-19(10-16)29(34,35)36)27-37-24-12-18(28(31,32)33)5-8-25(24)42-27/h3-14,38H,1-2H3. The van der Waals surface area contributed by atoms with Gasteiger partial charge in [0.2, 0.25) is 15.9 Å². The SMILES string of the molecule is COc1cc(F)c(-c2ccc(NS(C)(=O)=O)cc2)cc1-c1cc(-c2nc3cc(C(F)(F)F)ccc3o2)cc(C(F)(F)F)c1. The van der Waals surface area contributed by atoms with Crippen LogP contribution < -0.4 is 9.46 Å². The van der Waals surface area contributed by atoms with Crippen molar-refractivity contribution in [2.75, 3.05) is 18.1 Å². The zero-order chi connectivity index (χ0) is 31.3. The maximum atomic E-state index is 15.2. The summed E-state index contributed by atoms with van der Waals surface area (Å²) in [6, 6.07) is 13.2. The van der Waals surface area contributed by atoms with Crippen LogP contribution in [0, 0.1) is 5.82 Å². The minimum absolute atomic E-state index is 0.0257. The molecule has 0 amide bonds. The molecule has 0 bridgehead atoms. The maximum absolute atomic E-state index is 15.2. The first-order chi connectivity index (χ1) is 20.0. The van der Waals surface area contributed by atoms with Crippen LogP contribution in [-0.4, -0.2) is 26.8 Å². The number of halogens is 7. The Labute approximate surface area is 239 Å². The molecule has 1 aromatic heterocycles. The minimum atomic E-state index is -4.85. The summed E-state index contributed by atoms with van der Waals surface area (Å²) >= 11 is 0. The van der Waals surface area contributed by atoms with E-state index in [2.05, 4.69) is 9.71 Å². The van der Waals surface area contributed by atoms with Crippen LogP contribution in [0.1, 0.15) is 11.1 Å². The molecule has 43 heavy (non-hydrogen) atoms. The van der Waals surface area contributed by atoms with Crippen molar-refractivity contribution in [2.24, 2.45) is 0 Å². The molecule has 4 aromatic carbocycles. The summed E-state index contributed by atoms with van der Waals surface area (Å²) in [6.45, 7) is 0. The molecule has 0 saturated heterocycles. The molecule has 0 aliphatic heterocycles. The van der Waals surface area contributed by atoms with Crippen LogP contribution in [0.5, 0.6) is 5.75 Å².